The monoisotopic (exact) mass is 561 g/mol. The molecule has 0 fully saturated rings. The standard InChI is InChI=1S/C26H37BClN5O6/c1-15(2)10-21(27(36)37)30-25(35)26(12-18-8-7-9-20(11-18)38-6)13-19(32-39-26)14-29-24(34)23-22(28)17(5)31-33(23)16(3)4/h7-9,11,15-16,21,36-37H,10,12-14H2,1-6H3,(H,29,34)(H,30,35). The molecule has 11 nitrogen and oxygen atoms in total. The summed E-state index contributed by atoms with van der Waals surface area (Å²) in [5.41, 5.74) is 0.531. The van der Waals surface area contributed by atoms with Crippen molar-refractivity contribution in [3.8, 4) is 5.75 Å². The van der Waals surface area contributed by atoms with Gasteiger partial charge in [0.15, 0.2) is 0 Å². The third kappa shape index (κ3) is 7.31. The quantitative estimate of drug-likeness (QED) is 0.291. The van der Waals surface area contributed by atoms with Gasteiger partial charge in [0.25, 0.3) is 11.8 Å². The van der Waals surface area contributed by atoms with Crippen LogP contribution in [0.1, 0.15) is 68.3 Å². The number of nitrogens with zero attached hydrogens (tertiary/aromatic N) is 3. The molecule has 2 amide bonds. The summed E-state index contributed by atoms with van der Waals surface area (Å²) in [6.07, 6.45) is 0.562. The number of aryl methyl sites for hydroxylation is 1. The van der Waals surface area contributed by atoms with Crippen LogP contribution >= 0.6 is 11.6 Å². The van der Waals surface area contributed by atoms with Crippen molar-refractivity contribution in [3.63, 3.8) is 0 Å². The molecule has 3 rings (SSSR count). The van der Waals surface area contributed by atoms with E-state index in [1.54, 1.807) is 36.9 Å². The van der Waals surface area contributed by atoms with Crippen LogP contribution in [-0.2, 0) is 16.1 Å². The Bertz CT molecular complexity index is 1220. The first kappa shape index (κ1) is 30.5. The van der Waals surface area contributed by atoms with E-state index in [1.165, 1.54) is 0 Å². The molecule has 1 aliphatic heterocycles. The third-order valence-corrected chi connectivity index (χ3v) is 6.90. The van der Waals surface area contributed by atoms with E-state index in [1.807, 2.05) is 33.8 Å². The van der Waals surface area contributed by atoms with Crippen LogP contribution in [0.4, 0.5) is 0 Å². The Morgan fingerprint density at radius 1 is 1.28 bits per heavy atom. The molecule has 0 saturated carbocycles. The number of nitrogens with one attached hydrogen (secondary N) is 2. The van der Waals surface area contributed by atoms with Crippen LogP contribution in [0.3, 0.4) is 0 Å². The van der Waals surface area contributed by atoms with E-state index in [9.17, 15) is 19.6 Å². The van der Waals surface area contributed by atoms with Crippen LogP contribution in [0, 0.1) is 12.8 Å². The first-order chi connectivity index (χ1) is 18.4. The van der Waals surface area contributed by atoms with Crippen molar-refractivity contribution in [3.05, 3.63) is 46.2 Å². The second-order valence-electron chi connectivity index (χ2n) is 10.5. The molecule has 0 aliphatic carbocycles. The minimum atomic E-state index is -1.75. The predicted molar refractivity (Wildman–Crippen MR) is 149 cm³/mol. The molecule has 2 atom stereocenters. The number of amides is 2. The maximum atomic E-state index is 13.6. The zero-order valence-corrected chi connectivity index (χ0v) is 24.0. The number of aromatic nitrogens is 2. The maximum Gasteiger partial charge on any atom is 0.475 e. The molecule has 212 valence electrons. The fourth-order valence-corrected chi connectivity index (χ4v) is 4.69. The number of hydrogen-bond acceptors (Lipinski definition) is 8. The van der Waals surface area contributed by atoms with Crippen molar-refractivity contribution in [2.75, 3.05) is 13.7 Å². The molecule has 13 heteroatoms. The van der Waals surface area contributed by atoms with Crippen molar-refractivity contribution >= 4 is 36.2 Å². The van der Waals surface area contributed by atoms with Crippen LogP contribution in [-0.4, -0.2) is 69.7 Å². The molecule has 1 aliphatic rings. The lowest BCUT2D eigenvalue weighted by Gasteiger charge is -2.29. The van der Waals surface area contributed by atoms with E-state index < -0.39 is 30.5 Å². The van der Waals surface area contributed by atoms with Crippen molar-refractivity contribution in [2.24, 2.45) is 11.1 Å². The van der Waals surface area contributed by atoms with Gasteiger partial charge in [-0.1, -0.05) is 42.7 Å². The van der Waals surface area contributed by atoms with Gasteiger partial charge >= 0.3 is 7.12 Å². The normalized spacial score (nSPS) is 17.6. The molecule has 0 spiro atoms. The Morgan fingerprint density at radius 2 is 2.00 bits per heavy atom. The average molecular weight is 562 g/mol. The zero-order valence-electron chi connectivity index (χ0n) is 23.2. The summed E-state index contributed by atoms with van der Waals surface area (Å²) in [6.45, 7) is 9.38. The molecule has 1 aromatic heterocycles. The number of carbonyl (C=O) groups excluding carboxylic acids is 2. The molecule has 0 bridgehead atoms. The van der Waals surface area contributed by atoms with Gasteiger partial charge in [-0.25, -0.2) is 0 Å². The second kappa shape index (κ2) is 12.8. The predicted octanol–water partition coefficient (Wildman–Crippen LogP) is 2.46. The summed E-state index contributed by atoms with van der Waals surface area (Å²) in [5.74, 6) is -1.13. The van der Waals surface area contributed by atoms with Gasteiger partial charge in [0.1, 0.15) is 11.4 Å². The van der Waals surface area contributed by atoms with E-state index in [0.717, 1.165) is 5.56 Å². The van der Waals surface area contributed by atoms with Gasteiger partial charge in [-0.15, -0.1) is 0 Å². The number of ether oxygens (including phenoxy) is 1. The molecule has 0 radical (unpaired) electrons. The number of carbonyl (C=O) groups is 2. The topological polar surface area (TPSA) is 147 Å². The second-order valence-corrected chi connectivity index (χ2v) is 10.9. The smallest absolute Gasteiger partial charge is 0.475 e. The first-order valence-corrected chi connectivity index (χ1v) is 13.3. The summed E-state index contributed by atoms with van der Waals surface area (Å²) < 4.78 is 6.88. The van der Waals surface area contributed by atoms with Crippen molar-refractivity contribution < 1.29 is 29.2 Å². The van der Waals surface area contributed by atoms with Crippen molar-refractivity contribution in [2.45, 2.75) is 71.5 Å². The van der Waals surface area contributed by atoms with E-state index in [4.69, 9.17) is 21.2 Å². The number of hydrogen-bond donors (Lipinski definition) is 4. The Balaban J connectivity index is 1.80. The van der Waals surface area contributed by atoms with E-state index in [-0.39, 0.29) is 42.1 Å². The molecule has 0 saturated heterocycles. The Hall–Kier alpha value is -3.09. The number of methoxy groups -OCH3 is 1. The van der Waals surface area contributed by atoms with Crippen molar-refractivity contribution in [1.29, 1.82) is 0 Å². The lowest BCUT2D eigenvalue weighted by Crippen LogP contribution is -2.56. The van der Waals surface area contributed by atoms with Gasteiger partial charge in [-0.3, -0.25) is 14.3 Å². The highest BCUT2D eigenvalue weighted by atomic mass is 35.5. The van der Waals surface area contributed by atoms with Gasteiger partial charge in [0, 0.05) is 18.9 Å². The number of benzene rings is 1. The lowest BCUT2D eigenvalue weighted by molar-refractivity contribution is -0.144. The Labute approximate surface area is 234 Å². The summed E-state index contributed by atoms with van der Waals surface area (Å²) in [7, 11) is -0.194. The van der Waals surface area contributed by atoms with Crippen LogP contribution in [0.5, 0.6) is 5.75 Å². The molecular weight excluding hydrogens is 525 g/mol. The SMILES string of the molecule is COc1cccc(CC2(C(=O)NC(CC(C)C)B(O)O)CC(CNC(=O)c3c(Cl)c(C)nn3C(C)C)=NO2)c1. The van der Waals surface area contributed by atoms with Crippen LogP contribution in [0.25, 0.3) is 0 Å². The van der Waals surface area contributed by atoms with Gasteiger partial charge in [0.2, 0.25) is 5.60 Å². The van der Waals surface area contributed by atoms with Crippen LogP contribution < -0.4 is 15.4 Å². The van der Waals surface area contributed by atoms with Crippen LogP contribution in [0.2, 0.25) is 5.02 Å². The van der Waals surface area contributed by atoms with E-state index in [0.29, 0.717) is 23.6 Å². The van der Waals surface area contributed by atoms with E-state index in [2.05, 4.69) is 20.9 Å². The maximum absolute atomic E-state index is 13.6. The van der Waals surface area contributed by atoms with Crippen LogP contribution in [0.15, 0.2) is 29.4 Å². The summed E-state index contributed by atoms with van der Waals surface area (Å²) in [6, 6.07) is 7.15. The number of oxime groups is 1. The molecular formula is C26H37BClN5O6. The molecule has 4 N–H and O–H groups in total. The summed E-state index contributed by atoms with van der Waals surface area (Å²) in [5, 5.41) is 34.1. The Kier molecular flexibility index (Phi) is 10.0. The molecule has 2 heterocycles. The van der Waals surface area contributed by atoms with Gasteiger partial charge in [-0.2, -0.15) is 5.10 Å². The number of halogens is 1. The van der Waals surface area contributed by atoms with Crippen molar-refractivity contribution in [1.82, 2.24) is 20.4 Å². The fraction of sp³-hybridized carbons (Fsp3) is 0.538. The van der Waals surface area contributed by atoms with Gasteiger partial charge < -0.3 is 30.3 Å². The zero-order chi connectivity index (χ0) is 28.9. The fourth-order valence-electron chi connectivity index (χ4n) is 4.48. The highest BCUT2D eigenvalue weighted by molar-refractivity contribution is 6.43. The summed E-state index contributed by atoms with van der Waals surface area (Å²) in [4.78, 5) is 32.4. The largest absolute Gasteiger partial charge is 0.497 e. The minimum absolute atomic E-state index is 0.0165. The molecule has 2 unspecified atom stereocenters. The lowest BCUT2D eigenvalue weighted by atomic mass is 9.74. The third-order valence-electron chi connectivity index (χ3n) is 6.45. The first-order valence-electron chi connectivity index (χ1n) is 12.9. The van der Waals surface area contributed by atoms with Gasteiger partial charge in [0.05, 0.1) is 36.0 Å². The highest BCUT2D eigenvalue weighted by Crippen LogP contribution is 2.31. The molecule has 1 aromatic carbocycles. The number of rotatable bonds is 12. The minimum Gasteiger partial charge on any atom is -0.497 e. The molecule has 39 heavy (non-hydrogen) atoms. The summed E-state index contributed by atoms with van der Waals surface area (Å²) >= 11 is 6.36. The van der Waals surface area contributed by atoms with E-state index >= 15 is 0 Å². The highest BCUT2D eigenvalue weighted by Gasteiger charge is 2.48. The Morgan fingerprint density at radius 3 is 2.62 bits per heavy atom. The van der Waals surface area contributed by atoms with Gasteiger partial charge in [-0.05, 0) is 50.8 Å². The average Bonchev–Trinajstić information content (AvgIpc) is 3.43. The molecule has 2 aromatic rings.